The molecular weight excluding hydrogens is 316 g/mol. The number of likely N-dealkylation sites (N-methyl/N-ethyl adjacent to an activating group) is 1. The van der Waals surface area contributed by atoms with E-state index < -0.39 is 0 Å². The Labute approximate surface area is 149 Å². The quantitative estimate of drug-likeness (QED) is 0.834. The van der Waals surface area contributed by atoms with Gasteiger partial charge in [-0.2, -0.15) is 0 Å². The molecule has 1 aliphatic rings. The predicted octanol–water partition coefficient (Wildman–Crippen LogP) is 2.12. The molecule has 1 saturated heterocycles. The number of imidazole rings is 1. The minimum Gasteiger partial charge on any atom is -0.372 e. The molecule has 25 heavy (non-hydrogen) atoms. The van der Waals surface area contributed by atoms with Crippen LogP contribution in [-0.2, 0) is 22.6 Å². The fourth-order valence-corrected chi connectivity index (χ4v) is 3.61. The summed E-state index contributed by atoms with van der Waals surface area (Å²) >= 11 is 0. The molecule has 3 rings (SSSR count). The van der Waals surface area contributed by atoms with Crippen molar-refractivity contribution in [1.29, 1.82) is 0 Å². The molecule has 0 radical (unpaired) electrons. The monoisotopic (exact) mass is 344 g/mol. The summed E-state index contributed by atoms with van der Waals surface area (Å²) in [7, 11) is 1.98. The van der Waals surface area contributed by atoms with Gasteiger partial charge in [-0.25, -0.2) is 4.98 Å². The van der Waals surface area contributed by atoms with E-state index in [2.05, 4.69) is 17.6 Å². The second-order valence-corrected chi connectivity index (χ2v) is 6.99. The Morgan fingerprint density at radius 3 is 2.64 bits per heavy atom. The fourth-order valence-electron chi connectivity index (χ4n) is 3.61. The van der Waals surface area contributed by atoms with Gasteiger partial charge in [-0.3, -0.25) is 9.69 Å². The zero-order valence-electron chi connectivity index (χ0n) is 15.6. The van der Waals surface area contributed by atoms with E-state index in [4.69, 9.17) is 9.72 Å². The van der Waals surface area contributed by atoms with Crippen LogP contribution in [-0.4, -0.2) is 64.1 Å². The zero-order valence-corrected chi connectivity index (χ0v) is 15.6. The van der Waals surface area contributed by atoms with Crippen LogP contribution in [0.25, 0.3) is 11.0 Å². The molecule has 0 saturated carbocycles. The third kappa shape index (κ3) is 4.02. The van der Waals surface area contributed by atoms with Crippen molar-refractivity contribution in [3.63, 3.8) is 0 Å². The Kier molecular flexibility index (Phi) is 5.39. The Morgan fingerprint density at radius 1 is 1.28 bits per heavy atom. The van der Waals surface area contributed by atoms with Gasteiger partial charge in [0.25, 0.3) is 0 Å². The number of benzene rings is 1. The van der Waals surface area contributed by atoms with Gasteiger partial charge >= 0.3 is 0 Å². The number of nitrogens with zero attached hydrogens (tertiary/aromatic N) is 4. The van der Waals surface area contributed by atoms with Crippen LogP contribution in [0.2, 0.25) is 0 Å². The molecule has 1 fully saturated rings. The fraction of sp³-hybridized carbons (Fsp3) is 0.579. The summed E-state index contributed by atoms with van der Waals surface area (Å²) in [6.45, 7) is 9.42. The first-order chi connectivity index (χ1) is 12.0. The molecule has 1 aliphatic heterocycles. The highest BCUT2D eigenvalue weighted by atomic mass is 16.5. The van der Waals surface area contributed by atoms with Crippen LogP contribution in [0.5, 0.6) is 0 Å². The Morgan fingerprint density at radius 2 is 1.96 bits per heavy atom. The Balaban J connectivity index is 1.66. The molecule has 0 aliphatic carbocycles. The van der Waals surface area contributed by atoms with Crippen LogP contribution < -0.4 is 0 Å². The van der Waals surface area contributed by atoms with Crippen molar-refractivity contribution in [1.82, 2.24) is 19.4 Å². The van der Waals surface area contributed by atoms with Gasteiger partial charge in [0.2, 0.25) is 5.91 Å². The summed E-state index contributed by atoms with van der Waals surface area (Å²) in [5.41, 5.74) is 2.16. The van der Waals surface area contributed by atoms with Gasteiger partial charge in [0.05, 0.1) is 36.3 Å². The summed E-state index contributed by atoms with van der Waals surface area (Å²) in [6.07, 6.45) is 0.199. The number of hydrogen-bond acceptors (Lipinski definition) is 4. The van der Waals surface area contributed by atoms with Crippen LogP contribution in [0.3, 0.4) is 0 Å². The standard InChI is InChI=1S/C19H28N4O2/c1-5-23-17-9-7-6-8-16(17)20-18(23)12-21(4)13-19(24)22-10-14(2)25-15(3)11-22/h6-9,14-15H,5,10-13H2,1-4H3/t14-,15-/m1/s1. The number of amides is 1. The Hall–Kier alpha value is -1.92. The summed E-state index contributed by atoms with van der Waals surface area (Å²) in [6, 6.07) is 8.17. The maximum absolute atomic E-state index is 12.6. The van der Waals surface area contributed by atoms with Gasteiger partial charge in [-0.1, -0.05) is 12.1 Å². The first-order valence-corrected chi connectivity index (χ1v) is 9.03. The lowest BCUT2D eigenvalue weighted by atomic mass is 10.2. The number of ether oxygens (including phenoxy) is 1. The number of carbonyl (C=O) groups excluding carboxylic acids is 1. The number of fused-ring (bicyclic) bond motifs is 1. The van der Waals surface area contributed by atoms with E-state index in [9.17, 15) is 4.79 Å². The van der Waals surface area contributed by atoms with Crippen molar-refractivity contribution in [2.75, 3.05) is 26.7 Å². The normalized spacial score (nSPS) is 21.2. The first kappa shape index (κ1) is 17.9. The first-order valence-electron chi connectivity index (χ1n) is 9.03. The maximum Gasteiger partial charge on any atom is 0.236 e. The molecule has 1 amide bonds. The van der Waals surface area contributed by atoms with Crippen molar-refractivity contribution >= 4 is 16.9 Å². The number of rotatable bonds is 5. The highest BCUT2D eigenvalue weighted by molar-refractivity contribution is 5.78. The largest absolute Gasteiger partial charge is 0.372 e. The van der Waals surface area contributed by atoms with Crippen LogP contribution in [0.15, 0.2) is 24.3 Å². The third-order valence-corrected chi connectivity index (χ3v) is 4.64. The minimum atomic E-state index is 0.0993. The average Bonchev–Trinajstić information content (AvgIpc) is 2.90. The molecule has 0 unspecified atom stereocenters. The van der Waals surface area contributed by atoms with Crippen molar-refractivity contribution in [3.05, 3.63) is 30.1 Å². The molecule has 6 nitrogen and oxygen atoms in total. The van der Waals surface area contributed by atoms with Gasteiger partial charge < -0.3 is 14.2 Å². The summed E-state index contributed by atoms with van der Waals surface area (Å²) in [5.74, 6) is 1.16. The molecule has 136 valence electrons. The van der Waals surface area contributed by atoms with E-state index in [0.29, 0.717) is 26.2 Å². The Bertz CT molecular complexity index is 732. The van der Waals surface area contributed by atoms with Crippen LogP contribution >= 0.6 is 0 Å². The molecule has 2 atom stereocenters. The number of para-hydroxylation sites is 2. The minimum absolute atomic E-state index is 0.0993. The van der Waals surface area contributed by atoms with Gasteiger partial charge in [-0.15, -0.1) is 0 Å². The van der Waals surface area contributed by atoms with E-state index in [1.165, 1.54) is 0 Å². The lowest BCUT2D eigenvalue weighted by Crippen LogP contribution is -2.50. The third-order valence-electron chi connectivity index (χ3n) is 4.64. The van der Waals surface area contributed by atoms with Crippen molar-refractivity contribution in [2.24, 2.45) is 0 Å². The van der Waals surface area contributed by atoms with Gasteiger partial charge in [0.15, 0.2) is 0 Å². The summed E-state index contributed by atoms with van der Waals surface area (Å²) in [5, 5.41) is 0. The molecule has 1 aromatic heterocycles. The smallest absolute Gasteiger partial charge is 0.236 e. The molecule has 0 spiro atoms. The molecule has 2 heterocycles. The lowest BCUT2D eigenvalue weighted by Gasteiger charge is -2.36. The van der Waals surface area contributed by atoms with Crippen LogP contribution in [0.1, 0.15) is 26.6 Å². The number of aryl methyl sites for hydroxylation is 1. The molecule has 2 aromatic rings. The molecular formula is C19H28N4O2. The van der Waals surface area contributed by atoms with Gasteiger partial charge in [0.1, 0.15) is 5.82 Å². The number of morpholine rings is 1. The molecule has 1 aromatic carbocycles. The second kappa shape index (κ2) is 7.54. The van der Waals surface area contributed by atoms with Crippen molar-refractivity contribution in [2.45, 2.75) is 46.1 Å². The van der Waals surface area contributed by atoms with E-state index in [-0.39, 0.29) is 18.1 Å². The SMILES string of the molecule is CCn1c(CN(C)CC(=O)N2C[C@@H](C)O[C@H](C)C2)nc2ccccc21. The highest BCUT2D eigenvalue weighted by Crippen LogP contribution is 2.17. The van der Waals surface area contributed by atoms with Gasteiger partial charge in [0, 0.05) is 19.6 Å². The predicted molar refractivity (Wildman–Crippen MR) is 98.3 cm³/mol. The number of aromatic nitrogens is 2. The van der Waals surface area contributed by atoms with Crippen LogP contribution in [0, 0.1) is 0 Å². The summed E-state index contributed by atoms with van der Waals surface area (Å²) < 4.78 is 7.93. The van der Waals surface area contributed by atoms with Crippen LogP contribution in [0.4, 0.5) is 0 Å². The molecule has 6 heteroatoms. The number of carbonyl (C=O) groups is 1. The topological polar surface area (TPSA) is 50.6 Å². The van der Waals surface area contributed by atoms with Crippen molar-refractivity contribution < 1.29 is 9.53 Å². The maximum atomic E-state index is 12.6. The second-order valence-electron chi connectivity index (χ2n) is 6.99. The van der Waals surface area contributed by atoms with Gasteiger partial charge in [-0.05, 0) is 40.0 Å². The number of hydrogen-bond donors (Lipinski definition) is 0. The average molecular weight is 344 g/mol. The van der Waals surface area contributed by atoms with E-state index >= 15 is 0 Å². The lowest BCUT2D eigenvalue weighted by molar-refractivity contribution is -0.144. The highest BCUT2D eigenvalue weighted by Gasteiger charge is 2.26. The molecule has 0 bridgehead atoms. The zero-order chi connectivity index (χ0) is 18.0. The van der Waals surface area contributed by atoms with E-state index in [1.54, 1.807) is 0 Å². The van der Waals surface area contributed by atoms with E-state index in [0.717, 1.165) is 23.4 Å². The molecule has 0 N–H and O–H groups in total. The van der Waals surface area contributed by atoms with Crippen molar-refractivity contribution in [3.8, 4) is 0 Å². The summed E-state index contributed by atoms with van der Waals surface area (Å²) in [4.78, 5) is 21.3. The van der Waals surface area contributed by atoms with E-state index in [1.807, 2.05) is 48.9 Å².